The van der Waals surface area contributed by atoms with E-state index in [-0.39, 0.29) is 17.8 Å². The quantitative estimate of drug-likeness (QED) is 0.676. The van der Waals surface area contributed by atoms with Crippen molar-refractivity contribution in [2.75, 3.05) is 20.3 Å². The van der Waals surface area contributed by atoms with E-state index in [1.165, 1.54) is 7.11 Å². The number of phenols is 1. The highest BCUT2D eigenvalue weighted by Gasteiger charge is 2.16. The Bertz CT molecular complexity index is 391. The molecule has 0 amide bonds. The summed E-state index contributed by atoms with van der Waals surface area (Å²) >= 11 is 0. The fraction of sp³-hybridized carbons (Fsp3) is 0.600. The van der Waals surface area contributed by atoms with Crippen LogP contribution in [-0.2, 0) is 6.54 Å². The summed E-state index contributed by atoms with van der Waals surface area (Å²) in [7, 11) is 1.54. The second-order valence-electron chi connectivity index (χ2n) is 5.60. The Labute approximate surface area is 115 Å². The van der Waals surface area contributed by atoms with Crippen LogP contribution < -0.4 is 10.1 Å². The van der Waals surface area contributed by atoms with Crippen LogP contribution in [0.5, 0.6) is 11.5 Å². The molecule has 4 heteroatoms. The maximum atomic E-state index is 9.69. The third-order valence-electron chi connectivity index (χ3n) is 3.19. The zero-order valence-corrected chi connectivity index (χ0v) is 12.1. The summed E-state index contributed by atoms with van der Waals surface area (Å²) in [6.45, 7) is 6.19. The van der Waals surface area contributed by atoms with Gasteiger partial charge >= 0.3 is 0 Å². The normalized spacial score (nSPS) is 11.6. The number of nitrogens with one attached hydrogen (secondary N) is 1. The predicted molar refractivity (Wildman–Crippen MR) is 76.5 cm³/mol. The van der Waals surface area contributed by atoms with Gasteiger partial charge in [0.1, 0.15) is 0 Å². The van der Waals surface area contributed by atoms with E-state index < -0.39 is 0 Å². The number of aromatic hydroxyl groups is 1. The monoisotopic (exact) mass is 267 g/mol. The number of benzene rings is 1. The van der Waals surface area contributed by atoms with Crippen LogP contribution >= 0.6 is 0 Å². The van der Waals surface area contributed by atoms with E-state index in [0.717, 1.165) is 24.9 Å². The van der Waals surface area contributed by atoms with Crippen molar-refractivity contribution in [2.24, 2.45) is 5.41 Å². The van der Waals surface area contributed by atoms with Gasteiger partial charge in [-0.1, -0.05) is 19.9 Å². The topological polar surface area (TPSA) is 61.7 Å². The standard InChI is InChI=1S/C15H25NO3/c1-15(2,7-4-8-17)11-16-10-12-5-6-14(19-3)13(18)9-12/h5-6,9,16-18H,4,7-8,10-11H2,1-3H3. The summed E-state index contributed by atoms with van der Waals surface area (Å²) in [5.41, 5.74) is 1.19. The molecule has 0 bridgehead atoms. The number of methoxy groups -OCH3 is 1. The number of aliphatic hydroxyl groups excluding tert-OH is 1. The lowest BCUT2D eigenvalue weighted by atomic mass is 9.88. The van der Waals surface area contributed by atoms with Gasteiger partial charge in [-0.15, -0.1) is 0 Å². The Morgan fingerprint density at radius 2 is 2.05 bits per heavy atom. The summed E-state index contributed by atoms with van der Waals surface area (Å²) in [6, 6.07) is 5.42. The van der Waals surface area contributed by atoms with Crippen molar-refractivity contribution in [1.82, 2.24) is 5.32 Å². The average Bonchev–Trinajstić information content (AvgIpc) is 2.36. The van der Waals surface area contributed by atoms with Crippen LogP contribution in [0.1, 0.15) is 32.3 Å². The highest BCUT2D eigenvalue weighted by Crippen LogP contribution is 2.26. The van der Waals surface area contributed by atoms with Gasteiger partial charge in [-0.3, -0.25) is 0 Å². The van der Waals surface area contributed by atoms with E-state index in [2.05, 4.69) is 19.2 Å². The molecule has 0 aliphatic carbocycles. The largest absolute Gasteiger partial charge is 0.504 e. The molecule has 0 aliphatic rings. The molecule has 0 radical (unpaired) electrons. The van der Waals surface area contributed by atoms with Gasteiger partial charge in [0.05, 0.1) is 7.11 Å². The van der Waals surface area contributed by atoms with E-state index in [0.29, 0.717) is 12.3 Å². The van der Waals surface area contributed by atoms with E-state index in [4.69, 9.17) is 9.84 Å². The van der Waals surface area contributed by atoms with E-state index in [1.807, 2.05) is 6.07 Å². The zero-order chi connectivity index (χ0) is 14.3. The van der Waals surface area contributed by atoms with Gasteiger partial charge in [0, 0.05) is 19.7 Å². The maximum Gasteiger partial charge on any atom is 0.160 e. The molecule has 108 valence electrons. The summed E-state index contributed by atoms with van der Waals surface area (Å²) in [5.74, 6) is 0.661. The molecule has 0 aromatic heterocycles. The second kappa shape index (κ2) is 7.36. The number of hydrogen-bond donors (Lipinski definition) is 3. The fourth-order valence-corrected chi connectivity index (χ4v) is 2.04. The van der Waals surface area contributed by atoms with Crippen LogP contribution in [0.15, 0.2) is 18.2 Å². The van der Waals surface area contributed by atoms with Crippen molar-refractivity contribution in [3.05, 3.63) is 23.8 Å². The highest BCUT2D eigenvalue weighted by molar-refractivity contribution is 5.41. The van der Waals surface area contributed by atoms with Crippen molar-refractivity contribution in [1.29, 1.82) is 0 Å². The SMILES string of the molecule is COc1ccc(CNCC(C)(C)CCCO)cc1O. The van der Waals surface area contributed by atoms with Crippen LogP contribution in [0, 0.1) is 5.41 Å². The Morgan fingerprint density at radius 3 is 2.63 bits per heavy atom. The first-order valence-corrected chi connectivity index (χ1v) is 6.66. The minimum absolute atomic E-state index is 0.164. The minimum Gasteiger partial charge on any atom is -0.504 e. The number of ether oxygens (including phenoxy) is 1. The van der Waals surface area contributed by atoms with Gasteiger partial charge in [0.25, 0.3) is 0 Å². The van der Waals surface area contributed by atoms with E-state index in [9.17, 15) is 5.11 Å². The van der Waals surface area contributed by atoms with E-state index in [1.54, 1.807) is 12.1 Å². The summed E-state index contributed by atoms with van der Waals surface area (Å²) in [6.07, 6.45) is 1.82. The molecule has 3 N–H and O–H groups in total. The van der Waals surface area contributed by atoms with Gasteiger partial charge in [-0.2, -0.15) is 0 Å². The van der Waals surface area contributed by atoms with Crippen LogP contribution in [0.4, 0.5) is 0 Å². The lowest BCUT2D eigenvalue weighted by Crippen LogP contribution is -2.29. The predicted octanol–water partition coefficient (Wildman–Crippen LogP) is 2.29. The molecular formula is C15H25NO3. The Kier molecular flexibility index (Phi) is 6.12. The maximum absolute atomic E-state index is 9.69. The van der Waals surface area contributed by atoms with Crippen molar-refractivity contribution in [2.45, 2.75) is 33.2 Å². The molecular weight excluding hydrogens is 242 g/mol. The molecule has 4 nitrogen and oxygen atoms in total. The fourth-order valence-electron chi connectivity index (χ4n) is 2.04. The first-order chi connectivity index (χ1) is 8.98. The van der Waals surface area contributed by atoms with Crippen LogP contribution in [0.3, 0.4) is 0 Å². The van der Waals surface area contributed by atoms with Crippen molar-refractivity contribution < 1.29 is 14.9 Å². The van der Waals surface area contributed by atoms with Gasteiger partial charge in [-0.05, 0) is 36.0 Å². The molecule has 1 aromatic carbocycles. The zero-order valence-electron chi connectivity index (χ0n) is 12.1. The summed E-state index contributed by atoms with van der Waals surface area (Å²) < 4.78 is 5.01. The molecule has 0 saturated carbocycles. The second-order valence-corrected chi connectivity index (χ2v) is 5.60. The smallest absolute Gasteiger partial charge is 0.160 e. The third kappa shape index (κ3) is 5.49. The Hall–Kier alpha value is -1.26. The molecule has 1 aromatic rings. The molecule has 0 spiro atoms. The molecule has 0 unspecified atom stereocenters. The van der Waals surface area contributed by atoms with E-state index >= 15 is 0 Å². The van der Waals surface area contributed by atoms with Gasteiger partial charge in [0.15, 0.2) is 11.5 Å². The first-order valence-electron chi connectivity index (χ1n) is 6.66. The van der Waals surface area contributed by atoms with Crippen molar-refractivity contribution in [3.8, 4) is 11.5 Å². The van der Waals surface area contributed by atoms with Crippen LogP contribution in [0.25, 0.3) is 0 Å². The van der Waals surface area contributed by atoms with Gasteiger partial charge in [0.2, 0.25) is 0 Å². The lowest BCUT2D eigenvalue weighted by molar-refractivity contribution is 0.236. The average molecular weight is 267 g/mol. The third-order valence-corrected chi connectivity index (χ3v) is 3.19. The minimum atomic E-state index is 0.164. The van der Waals surface area contributed by atoms with Crippen molar-refractivity contribution in [3.63, 3.8) is 0 Å². The molecule has 19 heavy (non-hydrogen) atoms. The van der Waals surface area contributed by atoms with Crippen LogP contribution in [0.2, 0.25) is 0 Å². The Balaban J connectivity index is 2.42. The van der Waals surface area contributed by atoms with Gasteiger partial charge < -0.3 is 20.3 Å². The highest BCUT2D eigenvalue weighted by atomic mass is 16.5. The molecule has 0 atom stereocenters. The summed E-state index contributed by atoms with van der Waals surface area (Å²) in [5, 5.41) is 21.9. The number of phenolic OH excluding ortho intramolecular Hbond substituents is 1. The van der Waals surface area contributed by atoms with Gasteiger partial charge in [-0.25, -0.2) is 0 Å². The molecule has 0 saturated heterocycles. The number of rotatable bonds is 8. The number of hydrogen-bond acceptors (Lipinski definition) is 4. The summed E-state index contributed by atoms with van der Waals surface area (Å²) in [4.78, 5) is 0. The number of aliphatic hydroxyl groups is 1. The first kappa shape index (κ1) is 15.8. The lowest BCUT2D eigenvalue weighted by Gasteiger charge is -2.24. The van der Waals surface area contributed by atoms with Crippen LogP contribution in [-0.4, -0.2) is 30.5 Å². The molecule has 0 fully saturated rings. The molecule has 0 heterocycles. The molecule has 1 rings (SSSR count). The van der Waals surface area contributed by atoms with Crippen molar-refractivity contribution >= 4 is 0 Å². The Morgan fingerprint density at radius 1 is 1.32 bits per heavy atom. The molecule has 0 aliphatic heterocycles.